The van der Waals surface area contributed by atoms with Crippen molar-refractivity contribution in [3.63, 3.8) is 0 Å². The van der Waals surface area contributed by atoms with Crippen LogP contribution in [0.3, 0.4) is 0 Å². The number of Topliss-reactive ketones (excluding diaryl/α,β-unsaturated/α-hetero) is 1. The Kier molecular flexibility index (Phi) is 7.09. The third-order valence-electron chi connectivity index (χ3n) is 8.55. The highest BCUT2D eigenvalue weighted by Crippen LogP contribution is 2.51. The molecule has 2 saturated carbocycles. The molecule has 2 aromatic heterocycles. The molecule has 3 aromatic rings. The first-order valence-corrected chi connectivity index (χ1v) is 16.5. The number of carbonyl (C=O) groups excluding carboxylic acids is 1. The molecule has 0 amide bonds. The fourth-order valence-corrected chi connectivity index (χ4v) is 8.26. The highest BCUT2D eigenvalue weighted by molar-refractivity contribution is 7.91. The molecular weight excluding hydrogens is 544 g/mol. The summed E-state index contributed by atoms with van der Waals surface area (Å²) in [5, 5.41) is 10.4. The zero-order chi connectivity index (χ0) is 27.9. The molecule has 2 atom stereocenters. The lowest BCUT2D eigenvalue weighted by Crippen LogP contribution is -2.40. The molecule has 0 spiro atoms. The number of hydrogen-bond donors (Lipinski definition) is 1. The van der Waals surface area contributed by atoms with Crippen molar-refractivity contribution in [2.75, 3.05) is 35.2 Å². The molecule has 3 aliphatic rings. The second-order valence-corrected chi connectivity index (χ2v) is 14.6. The predicted molar refractivity (Wildman–Crippen MR) is 155 cm³/mol. The number of nitrogens with zero attached hydrogens (tertiary/aromatic N) is 5. The molecule has 0 radical (unpaired) electrons. The Morgan fingerprint density at radius 3 is 2.40 bits per heavy atom. The van der Waals surface area contributed by atoms with Gasteiger partial charge in [-0.1, -0.05) is 25.0 Å². The van der Waals surface area contributed by atoms with E-state index in [4.69, 9.17) is 10.7 Å². The van der Waals surface area contributed by atoms with Gasteiger partial charge in [-0.25, -0.2) is 23.4 Å². The summed E-state index contributed by atoms with van der Waals surface area (Å²) in [5.41, 5.74) is 8.97. The van der Waals surface area contributed by atoms with Gasteiger partial charge in [-0.05, 0) is 43.4 Å². The summed E-state index contributed by atoms with van der Waals surface area (Å²) in [4.78, 5) is 30.1. The summed E-state index contributed by atoms with van der Waals surface area (Å²) in [6.07, 6.45) is 9.05. The molecule has 3 fully saturated rings. The molecule has 3 heterocycles. The fourth-order valence-electron chi connectivity index (χ4n) is 5.94. The molecular formula is C29H32N6O3S2. The molecule has 0 unspecified atom stereocenters. The van der Waals surface area contributed by atoms with E-state index < -0.39 is 15.3 Å². The van der Waals surface area contributed by atoms with Gasteiger partial charge in [0.15, 0.2) is 9.84 Å². The third-order valence-corrected chi connectivity index (χ3v) is 11.3. The fraction of sp³-hybridized carbons (Fsp3) is 0.483. The normalized spacial score (nSPS) is 23.3. The van der Waals surface area contributed by atoms with Crippen LogP contribution < -0.4 is 10.6 Å². The van der Waals surface area contributed by atoms with Gasteiger partial charge >= 0.3 is 0 Å². The van der Waals surface area contributed by atoms with Gasteiger partial charge in [-0.2, -0.15) is 5.26 Å². The van der Waals surface area contributed by atoms with Crippen LogP contribution in [0.25, 0.3) is 21.0 Å². The van der Waals surface area contributed by atoms with Crippen LogP contribution in [0.1, 0.15) is 56.6 Å². The van der Waals surface area contributed by atoms with Gasteiger partial charge in [0, 0.05) is 55.0 Å². The van der Waals surface area contributed by atoms with Crippen molar-refractivity contribution in [2.24, 2.45) is 11.3 Å². The maximum atomic E-state index is 13.6. The average molecular weight is 577 g/mol. The van der Waals surface area contributed by atoms with Crippen LogP contribution in [0.5, 0.6) is 0 Å². The molecule has 6 rings (SSSR count). The quantitative estimate of drug-likeness (QED) is 0.426. The Morgan fingerprint density at radius 1 is 1.07 bits per heavy atom. The number of ketones is 1. The average Bonchev–Trinajstić information content (AvgIpc) is 3.60. The van der Waals surface area contributed by atoms with Crippen LogP contribution in [-0.2, 0) is 14.6 Å². The molecule has 1 aliphatic heterocycles. The number of anilines is 2. The maximum absolute atomic E-state index is 13.6. The lowest BCUT2D eigenvalue weighted by atomic mass is 9.73. The maximum Gasteiger partial charge on any atom is 0.219 e. The summed E-state index contributed by atoms with van der Waals surface area (Å²) < 4.78 is 23.8. The van der Waals surface area contributed by atoms with Crippen molar-refractivity contribution in [2.45, 2.75) is 50.9 Å². The number of carbonyl (C=O) groups is 1. The highest BCUT2D eigenvalue weighted by Gasteiger charge is 2.47. The Balaban J connectivity index is 1.35. The van der Waals surface area contributed by atoms with Gasteiger partial charge in [0.05, 0.1) is 33.6 Å². The van der Waals surface area contributed by atoms with E-state index >= 15 is 0 Å². The van der Waals surface area contributed by atoms with Crippen molar-refractivity contribution >= 4 is 38.6 Å². The number of benzene rings is 1. The molecule has 11 heteroatoms. The van der Waals surface area contributed by atoms with Gasteiger partial charge in [-0.15, -0.1) is 11.3 Å². The van der Waals surface area contributed by atoms with Crippen LogP contribution in [0.15, 0.2) is 36.7 Å². The van der Waals surface area contributed by atoms with Crippen molar-refractivity contribution in [1.29, 1.82) is 5.26 Å². The number of thiazole rings is 1. The number of nitrogen functional groups attached to an aromatic ring is 1. The molecule has 2 N–H and O–H groups in total. The van der Waals surface area contributed by atoms with Crippen LogP contribution in [0.2, 0.25) is 0 Å². The molecule has 208 valence electrons. The van der Waals surface area contributed by atoms with E-state index in [1.54, 1.807) is 23.7 Å². The minimum atomic E-state index is -2.95. The summed E-state index contributed by atoms with van der Waals surface area (Å²) in [5.74, 6) is 0.570. The Morgan fingerprint density at radius 2 is 1.75 bits per heavy atom. The van der Waals surface area contributed by atoms with Crippen LogP contribution in [-0.4, -0.2) is 53.7 Å². The topological polar surface area (TPSA) is 143 Å². The number of sulfone groups is 1. The molecule has 9 nitrogen and oxygen atoms in total. The van der Waals surface area contributed by atoms with Crippen molar-refractivity contribution in [1.82, 2.24) is 15.0 Å². The number of nitriles is 1. The SMILES string of the molecule is N#CC1(CC(=O)[C@@H]2CCCC[C@H]2c2nc(-c3cnc(N)nc3)sc2-c2ccc(N3CCS(=O)(=O)CC3)cc2)CC1. The van der Waals surface area contributed by atoms with E-state index in [9.17, 15) is 18.5 Å². The van der Waals surface area contributed by atoms with Crippen LogP contribution in [0.4, 0.5) is 11.6 Å². The zero-order valence-electron chi connectivity index (χ0n) is 22.3. The van der Waals surface area contributed by atoms with Gasteiger partial charge < -0.3 is 10.6 Å². The zero-order valence-corrected chi connectivity index (χ0v) is 23.9. The first-order chi connectivity index (χ1) is 19.3. The van der Waals surface area contributed by atoms with E-state index in [1.165, 1.54) is 0 Å². The molecule has 1 aromatic carbocycles. The highest BCUT2D eigenvalue weighted by atomic mass is 32.2. The van der Waals surface area contributed by atoms with Crippen LogP contribution in [0, 0.1) is 22.7 Å². The van der Waals surface area contributed by atoms with Crippen molar-refractivity contribution < 1.29 is 13.2 Å². The minimum Gasteiger partial charge on any atom is -0.369 e. The first kappa shape index (κ1) is 26.8. The first-order valence-electron chi connectivity index (χ1n) is 13.8. The van der Waals surface area contributed by atoms with E-state index in [-0.39, 0.29) is 35.1 Å². The number of aromatic nitrogens is 3. The van der Waals surface area contributed by atoms with E-state index in [0.29, 0.717) is 19.5 Å². The molecule has 1 saturated heterocycles. The molecule has 2 aliphatic carbocycles. The Hall–Kier alpha value is -3.36. The standard InChI is InChI=1S/C29H32N6O3S2/c30-18-29(9-10-29)15-24(36)22-3-1-2-4-23(22)25-26(39-27(34-25)20-16-32-28(31)33-17-20)19-5-7-21(8-6-19)35-11-13-40(37,38)14-12-35/h5-8,16-17,22-23H,1-4,9-15H2,(H2,31,32,33)/t22-,23-/m1/s1. The number of nitrogens with two attached hydrogens (primary N) is 1. The lowest BCUT2D eigenvalue weighted by Gasteiger charge is -2.31. The van der Waals surface area contributed by atoms with Gasteiger partial charge in [0.25, 0.3) is 0 Å². The number of hydrogen-bond acceptors (Lipinski definition) is 10. The van der Waals surface area contributed by atoms with Gasteiger partial charge in [0.1, 0.15) is 10.8 Å². The monoisotopic (exact) mass is 576 g/mol. The van der Waals surface area contributed by atoms with Crippen LogP contribution >= 0.6 is 11.3 Å². The Bertz CT molecular complexity index is 1540. The van der Waals surface area contributed by atoms with Crippen molar-refractivity contribution in [3.05, 3.63) is 42.4 Å². The smallest absolute Gasteiger partial charge is 0.219 e. The minimum absolute atomic E-state index is 0.0163. The Labute approximate surface area is 238 Å². The summed E-state index contributed by atoms with van der Waals surface area (Å²) in [6.45, 7) is 0.982. The summed E-state index contributed by atoms with van der Waals surface area (Å²) in [7, 11) is -2.95. The number of rotatable bonds is 7. The molecule has 0 bridgehead atoms. The van der Waals surface area contributed by atoms with Gasteiger partial charge in [0.2, 0.25) is 5.95 Å². The van der Waals surface area contributed by atoms with Gasteiger partial charge in [-0.3, -0.25) is 4.79 Å². The third kappa shape index (κ3) is 5.47. The largest absolute Gasteiger partial charge is 0.369 e. The molecule has 40 heavy (non-hydrogen) atoms. The van der Waals surface area contributed by atoms with E-state index in [0.717, 1.165) is 70.9 Å². The summed E-state index contributed by atoms with van der Waals surface area (Å²) >= 11 is 1.56. The van der Waals surface area contributed by atoms with E-state index in [1.807, 2.05) is 12.1 Å². The second-order valence-electron chi connectivity index (χ2n) is 11.3. The second kappa shape index (κ2) is 10.6. The lowest BCUT2D eigenvalue weighted by molar-refractivity contribution is -0.125. The predicted octanol–water partition coefficient (Wildman–Crippen LogP) is 4.62. The van der Waals surface area contributed by atoms with Crippen molar-refractivity contribution in [3.8, 4) is 27.1 Å². The summed E-state index contributed by atoms with van der Waals surface area (Å²) in [6, 6.07) is 10.6. The van der Waals surface area contributed by atoms with E-state index in [2.05, 4.69) is 33.1 Å².